The van der Waals surface area contributed by atoms with E-state index in [-0.39, 0.29) is 0 Å². The van der Waals surface area contributed by atoms with Crippen molar-refractivity contribution in [1.82, 2.24) is 4.90 Å². The molecule has 0 fully saturated rings. The molecular formula is C11H15NO. The largest absolute Gasteiger partial charge is 0.465 e. The maximum absolute atomic E-state index is 5.17. The van der Waals surface area contributed by atoms with E-state index in [0.29, 0.717) is 6.04 Å². The van der Waals surface area contributed by atoms with Gasteiger partial charge < -0.3 is 9.32 Å². The van der Waals surface area contributed by atoms with E-state index in [1.54, 1.807) is 12.5 Å². The quantitative estimate of drug-likeness (QED) is 0.703. The van der Waals surface area contributed by atoms with Gasteiger partial charge in [0.25, 0.3) is 0 Å². The molecule has 0 bridgehead atoms. The molecule has 2 nitrogen and oxygen atoms in total. The van der Waals surface area contributed by atoms with Crippen LogP contribution < -0.4 is 0 Å². The van der Waals surface area contributed by atoms with Gasteiger partial charge in [-0.05, 0) is 31.3 Å². The minimum absolute atomic E-state index is 0.336. The van der Waals surface area contributed by atoms with Crippen LogP contribution in [0.25, 0.3) is 6.08 Å². The van der Waals surface area contributed by atoms with Crippen molar-refractivity contribution < 1.29 is 4.42 Å². The Morgan fingerprint density at radius 1 is 1.62 bits per heavy atom. The zero-order chi connectivity index (χ0) is 9.68. The van der Waals surface area contributed by atoms with Crippen molar-refractivity contribution in [3.63, 3.8) is 0 Å². The number of furan rings is 1. The van der Waals surface area contributed by atoms with E-state index in [1.165, 1.54) is 0 Å². The molecule has 0 spiro atoms. The topological polar surface area (TPSA) is 16.4 Å². The molecule has 1 unspecified atom stereocenters. The zero-order valence-corrected chi connectivity index (χ0v) is 8.10. The summed E-state index contributed by atoms with van der Waals surface area (Å²) in [6.07, 6.45) is 7.50. The summed E-state index contributed by atoms with van der Waals surface area (Å²) in [6, 6.07) is 4.14. The van der Waals surface area contributed by atoms with Crippen LogP contribution in [0.5, 0.6) is 0 Å². The van der Waals surface area contributed by atoms with Crippen LogP contribution in [-0.4, -0.2) is 18.0 Å². The molecule has 0 N–H and O–H groups in total. The Morgan fingerprint density at radius 3 is 2.92 bits per heavy atom. The maximum atomic E-state index is 5.17. The molecule has 1 aromatic rings. The van der Waals surface area contributed by atoms with Gasteiger partial charge in [0.15, 0.2) is 0 Å². The minimum atomic E-state index is 0.336. The number of nitrogens with zero attached hydrogens (tertiary/aromatic N) is 1. The molecule has 0 saturated heterocycles. The highest BCUT2D eigenvalue weighted by Gasteiger charge is 1.98. The van der Waals surface area contributed by atoms with Crippen molar-refractivity contribution >= 4 is 6.08 Å². The van der Waals surface area contributed by atoms with E-state index in [2.05, 4.69) is 19.6 Å². The van der Waals surface area contributed by atoms with Crippen LogP contribution in [0.3, 0.4) is 0 Å². The smallest absolute Gasteiger partial charge is 0.126 e. The summed E-state index contributed by atoms with van der Waals surface area (Å²) in [5, 5.41) is 0. The van der Waals surface area contributed by atoms with Crippen LogP contribution >= 0.6 is 0 Å². The predicted molar refractivity (Wildman–Crippen MR) is 55.2 cm³/mol. The van der Waals surface area contributed by atoms with Gasteiger partial charge in [0, 0.05) is 13.1 Å². The van der Waals surface area contributed by atoms with Crippen LogP contribution in [0.15, 0.2) is 41.7 Å². The monoisotopic (exact) mass is 177 g/mol. The molecule has 1 aromatic heterocycles. The van der Waals surface area contributed by atoms with E-state index in [4.69, 9.17) is 4.42 Å². The highest BCUT2D eigenvalue weighted by molar-refractivity contribution is 5.42. The van der Waals surface area contributed by atoms with Gasteiger partial charge in [-0.25, -0.2) is 0 Å². The summed E-state index contributed by atoms with van der Waals surface area (Å²) >= 11 is 0. The van der Waals surface area contributed by atoms with Crippen LogP contribution in [0.4, 0.5) is 0 Å². The molecular weight excluding hydrogens is 162 g/mol. The van der Waals surface area contributed by atoms with Gasteiger partial charge in [-0.15, -0.1) is 0 Å². The van der Waals surface area contributed by atoms with E-state index >= 15 is 0 Å². The van der Waals surface area contributed by atoms with Crippen molar-refractivity contribution in [3.8, 4) is 0 Å². The Labute approximate surface area is 79.2 Å². The van der Waals surface area contributed by atoms with Crippen LogP contribution in [0, 0.1) is 0 Å². The van der Waals surface area contributed by atoms with E-state index in [1.807, 2.05) is 30.2 Å². The highest BCUT2D eigenvalue weighted by atomic mass is 16.3. The van der Waals surface area contributed by atoms with Crippen molar-refractivity contribution in [2.75, 3.05) is 7.05 Å². The molecule has 0 radical (unpaired) electrons. The second-order valence-electron chi connectivity index (χ2n) is 2.96. The molecule has 13 heavy (non-hydrogen) atoms. The first-order valence-corrected chi connectivity index (χ1v) is 4.30. The molecule has 0 aliphatic rings. The van der Waals surface area contributed by atoms with Gasteiger partial charge in [-0.2, -0.15) is 0 Å². The lowest BCUT2D eigenvalue weighted by Gasteiger charge is -2.18. The van der Waals surface area contributed by atoms with Crippen molar-refractivity contribution in [2.24, 2.45) is 0 Å². The fourth-order valence-electron chi connectivity index (χ4n) is 0.922. The van der Waals surface area contributed by atoms with Crippen molar-refractivity contribution in [3.05, 3.63) is 43.0 Å². The van der Waals surface area contributed by atoms with Gasteiger partial charge in [0.2, 0.25) is 0 Å². The maximum Gasteiger partial charge on any atom is 0.126 e. The molecule has 1 heterocycles. The molecule has 0 saturated carbocycles. The third-order valence-electron chi connectivity index (χ3n) is 2.01. The lowest BCUT2D eigenvalue weighted by atomic mass is 10.2. The Kier molecular flexibility index (Phi) is 3.38. The molecule has 0 aromatic carbocycles. The van der Waals surface area contributed by atoms with Crippen molar-refractivity contribution in [1.29, 1.82) is 0 Å². The summed E-state index contributed by atoms with van der Waals surface area (Å²) in [4.78, 5) is 2.03. The SMILES string of the molecule is C=CN(C)C(C)/C=C\c1ccco1. The van der Waals surface area contributed by atoms with Gasteiger partial charge in [0.05, 0.1) is 6.26 Å². The van der Waals surface area contributed by atoms with Gasteiger partial charge in [-0.1, -0.05) is 12.7 Å². The van der Waals surface area contributed by atoms with Crippen LogP contribution in [-0.2, 0) is 0 Å². The number of likely N-dealkylation sites (N-methyl/N-ethyl adjacent to an activating group) is 1. The fraction of sp³-hybridized carbons (Fsp3) is 0.273. The van der Waals surface area contributed by atoms with E-state index in [0.717, 1.165) is 5.76 Å². The Bertz CT molecular complexity index is 274. The van der Waals surface area contributed by atoms with Crippen molar-refractivity contribution in [2.45, 2.75) is 13.0 Å². The number of hydrogen-bond donors (Lipinski definition) is 0. The summed E-state index contributed by atoms with van der Waals surface area (Å²) in [5.74, 6) is 0.879. The van der Waals surface area contributed by atoms with E-state index in [9.17, 15) is 0 Å². The molecule has 0 aliphatic heterocycles. The first kappa shape index (κ1) is 9.65. The van der Waals surface area contributed by atoms with Gasteiger partial charge in [-0.3, -0.25) is 0 Å². The zero-order valence-electron chi connectivity index (χ0n) is 8.10. The molecule has 0 amide bonds. The molecule has 2 heteroatoms. The second kappa shape index (κ2) is 4.55. The normalized spacial score (nSPS) is 13.1. The fourth-order valence-corrected chi connectivity index (χ4v) is 0.922. The highest BCUT2D eigenvalue weighted by Crippen LogP contribution is 2.05. The third kappa shape index (κ3) is 2.82. The average Bonchev–Trinajstić information content (AvgIpc) is 2.65. The average molecular weight is 177 g/mol. The minimum Gasteiger partial charge on any atom is -0.465 e. The third-order valence-corrected chi connectivity index (χ3v) is 2.01. The second-order valence-corrected chi connectivity index (χ2v) is 2.96. The Morgan fingerprint density at radius 2 is 2.38 bits per heavy atom. The molecule has 1 atom stereocenters. The number of rotatable bonds is 4. The molecule has 1 rings (SSSR count). The summed E-state index contributed by atoms with van der Waals surface area (Å²) < 4.78 is 5.17. The molecule has 70 valence electrons. The lowest BCUT2D eigenvalue weighted by molar-refractivity contribution is 0.409. The first-order chi connectivity index (χ1) is 6.24. The lowest BCUT2D eigenvalue weighted by Crippen LogP contribution is -2.20. The Hall–Kier alpha value is -1.44. The predicted octanol–water partition coefficient (Wildman–Crippen LogP) is 2.76. The Balaban J connectivity index is 2.53. The first-order valence-electron chi connectivity index (χ1n) is 4.30. The van der Waals surface area contributed by atoms with Gasteiger partial charge in [0.1, 0.15) is 5.76 Å². The van der Waals surface area contributed by atoms with Gasteiger partial charge >= 0.3 is 0 Å². The van der Waals surface area contributed by atoms with Crippen LogP contribution in [0.2, 0.25) is 0 Å². The molecule has 0 aliphatic carbocycles. The van der Waals surface area contributed by atoms with E-state index < -0.39 is 0 Å². The summed E-state index contributed by atoms with van der Waals surface area (Å²) in [7, 11) is 1.99. The van der Waals surface area contributed by atoms with Crippen LogP contribution in [0.1, 0.15) is 12.7 Å². The number of hydrogen-bond acceptors (Lipinski definition) is 2. The standard InChI is InChI=1S/C11H15NO/c1-4-12(3)10(2)7-8-11-6-5-9-13-11/h4-10H,1H2,2-3H3/b8-7-. The summed E-state index contributed by atoms with van der Waals surface area (Å²) in [5.41, 5.74) is 0. The summed E-state index contributed by atoms with van der Waals surface area (Å²) in [6.45, 7) is 5.79.